The van der Waals surface area contributed by atoms with Crippen LogP contribution in [0.25, 0.3) is 0 Å². The minimum atomic E-state index is -0.179. The van der Waals surface area contributed by atoms with Crippen LogP contribution in [0.1, 0.15) is 33.6 Å². The van der Waals surface area contributed by atoms with Crippen LogP contribution in [0.15, 0.2) is 0 Å². The van der Waals surface area contributed by atoms with Crippen LogP contribution in [0.3, 0.4) is 0 Å². The molecule has 0 radical (unpaired) electrons. The van der Waals surface area contributed by atoms with E-state index in [-0.39, 0.29) is 29.7 Å². The predicted octanol–water partition coefficient (Wildman–Crippen LogP) is 1.77. The first kappa shape index (κ1) is 13.0. The maximum atomic E-state index is 11.6. The topological polar surface area (TPSA) is 52.6 Å². The van der Waals surface area contributed by atoms with Crippen molar-refractivity contribution in [3.8, 4) is 0 Å². The molecule has 3 atom stereocenters. The van der Waals surface area contributed by atoms with Crippen LogP contribution in [-0.2, 0) is 19.1 Å². The van der Waals surface area contributed by atoms with Crippen molar-refractivity contribution in [1.29, 1.82) is 0 Å². The van der Waals surface area contributed by atoms with Crippen LogP contribution in [0.2, 0.25) is 0 Å². The second-order valence-corrected chi connectivity index (χ2v) is 4.26. The normalized spacial score (nSPS) is 28.8. The zero-order chi connectivity index (χ0) is 12.1. The second-order valence-electron chi connectivity index (χ2n) is 4.26. The Balaban J connectivity index is 2.53. The molecule has 4 heteroatoms. The van der Waals surface area contributed by atoms with Crippen LogP contribution in [0.5, 0.6) is 0 Å². The molecule has 1 fully saturated rings. The molecule has 1 aliphatic rings. The van der Waals surface area contributed by atoms with Gasteiger partial charge in [0.15, 0.2) is 0 Å². The number of hydrogen-bond acceptors (Lipinski definition) is 4. The highest BCUT2D eigenvalue weighted by Gasteiger charge is 2.40. The van der Waals surface area contributed by atoms with E-state index in [4.69, 9.17) is 9.47 Å². The van der Waals surface area contributed by atoms with Gasteiger partial charge in [0.2, 0.25) is 0 Å². The van der Waals surface area contributed by atoms with E-state index in [1.807, 2.05) is 6.92 Å². The molecule has 1 rings (SSSR count). The summed E-state index contributed by atoms with van der Waals surface area (Å²) < 4.78 is 9.96. The number of carbonyl (C=O) groups excluding carboxylic acids is 2. The van der Waals surface area contributed by atoms with Gasteiger partial charge in [0, 0.05) is 0 Å². The second kappa shape index (κ2) is 5.87. The molecule has 1 aliphatic carbocycles. The lowest BCUT2D eigenvalue weighted by molar-refractivity contribution is -0.149. The maximum Gasteiger partial charge on any atom is 0.309 e. The number of rotatable bonds is 4. The third-order valence-electron chi connectivity index (χ3n) is 3.09. The predicted molar refractivity (Wildman–Crippen MR) is 58.6 cm³/mol. The fraction of sp³-hybridized carbons (Fsp3) is 0.833. The Morgan fingerprint density at radius 3 is 2.19 bits per heavy atom. The average molecular weight is 228 g/mol. The van der Waals surface area contributed by atoms with E-state index in [1.165, 1.54) is 0 Å². The van der Waals surface area contributed by atoms with Gasteiger partial charge < -0.3 is 9.47 Å². The molecule has 92 valence electrons. The van der Waals surface area contributed by atoms with Crippen molar-refractivity contribution in [1.82, 2.24) is 0 Å². The Bertz CT molecular complexity index is 262. The van der Waals surface area contributed by atoms with E-state index in [1.54, 1.807) is 13.8 Å². The minimum Gasteiger partial charge on any atom is -0.466 e. The Kier molecular flexibility index (Phi) is 4.77. The van der Waals surface area contributed by atoms with E-state index in [9.17, 15) is 9.59 Å². The lowest BCUT2D eigenvalue weighted by atomic mass is 9.99. The highest BCUT2D eigenvalue weighted by Crippen LogP contribution is 2.37. The van der Waals surface area contributed by atoms with Gasteiger partial charge in [-0.1, -0.05) is 6.92 Å². The quantitative estimate of drug-likeness (QED) is 0.688. The van der Waals surface area contributed by atoms with E-state index in [0.717, 1.165) is 6.42 Å². The van der Waals surface area contributed by atoms with Gasteiger partial charge >= 0.3 is 11.9 Å². The summed E-state index contributed by atoms with van der Waals surface area (Å²) in [4.78, 5) is 23.1. The molecule has 0 saturated heterocycles. The molecule has 0 bridgehead atoms. The molecule has 0 heterocycles. The Labute approximate surface area is 96.3 Å². The van der Waals surface area contributed by atoms with E-state index in [2.05, 4.69) is 0 Å². The first-order chi connectivity index (χ1) is 7.60. The number of esters is 2. The molecule has 4 nitrogen and oxygen atoms in total. The van der Waals surface area contributed by atoms with Crippen molar-refractivity contribution in [2.75, 3.05) is 13.2 Å². The van der Waals surface area contributed by atoms with Crippen LogP contribution in [0, 0.1) is 17.8 Å². The van der Waals surface area contributed by atoms with Gasteiger partial charge in [-0.2, -0.15) is 0 Å². The van der Waals surface area contributed by atoms with Gasteiger partial charge in [-0.05, 0) is 32.6 Å². The summed E-state index contributed by atoms with van der Waals surface area (Å²) in [6.45, 7) is 6.36. The van der Waals surface area contributed by atoms with Crippen LogP contribution < -0.4 is 0 Å². The molecule has 3 unspecified atom stereocenters. The van der Waals surface area contributed by atoms with Crippen LogP contribution in [-0.4, -0.2) is 25.2 Å². The summed E-state index contributed by atoms with van der Waals surface area (Å²) in [5.74, 6) is -0.435. The molecule has 0 spiro atoms. The number of ether oxygens (including phenoxy) is 2. The Morgan fingerprint density at radius 1 is 1.06 bits per heavy atom. The SMILES string of the molecule is CCOC(=O)C1CC(C)C(C(=O)OCC)C1. The van der Waals surface area contributed by atoms with Gasteiger partial charge in [0.1, 0.15) is 0 Å². The van der Waals surface area contributed by atoms with Gasteiger partial charge in [-0.15, -0.1) is 0 Å². The Morgan fingerprint density at radius 2 is 1.62 bits per heavy atom. The van der Waals surface area contributed by atoms with Crippen molar-refractivity contribution >= 4 is 11.9 Å². The molecule has 0 aromatic carbocycles. The minimum absolute atomic E-state index is 0.135. The number of carbonyl (C=O) groups is 2. The first-order valence-electron chi connectivity index (χ1n) is 5.93. The number of hydrogen-bond donors (Lipinski definition) is 0. The lowest BCUT2D eigenvalue weighted by Crippen LogP contribution is -2.20. The molecule has 0 N–H and O–H groups in total. The van der Waals surface area contributed by atoms with Crippen molar-refractivity contribution in [3.05, 3.63) is 0 Å². The zero-order valence-corrected chi connectivity index (χ0v) is 10.2. The van der Waals surface area contributed by atoms with Gasteiger partial charge in [0.25, 0.3) is 0 Å². The largest absolute Gasteiger partial charge is 0.466 e. The van der Waals surface area contributed by atoms with E-state index < -0.39 is 0 Å². The van der Waals surface area contributed by atoms with E-state index >= 15 is 0 Å². The molecule has 1 saturated carbocycles. The van der Waals surface area contributed by atoms with Crippen LogP contribution in [0.4, 0.5) is 0 Å². The molecular weight excluding hydrogens is 208 g/mol. The summed E-state index contributed by atoms with van der Waals surface area (Å²) in [5, 5.41) is 0. The fourth-order valence-electron chi connectivity index (χ4n) is 2.28. The zero-order valence-electron chi connectivity index (χ0n) is 10.2. The average Bonchev–Trinajstić information content (AvgIpc) is 2.61. The maximum absolute atomic E-state index is 11.6. The van der Waals surface area contributed by atoms with Gasteiger partial charge in [-0.3, -0.25) is 9.59 Å². The van der Waals surface area contributed by atoms with Crippen molar-refractivity contribution in [2.24, 2.45) is 17.8 Å². The molecular formula is C12H20O4. The molecule has 0 amide bonds. The van der Waals surface area contributed by atoms with Crippen molar-refractivity contribution in [3.63, 3.8) is 0 Å². The third kappa shape index (κ3) is 2.97. The molecule has 0 aromatic heterocycles. The fourth-order valence-corrected chi connectivity index (χ4v) is 2.28. The monoisotopic (exact) mass is 228 g/mol. The summed E-state index contributed by atoms with van der Waals surface area (Å²) >= 11 is 0. The van der Waals surface area contributed by atoms with Crippen molar-refractivity contribution in [2.45, 2.75) is 33.6 Å². The molecule has 0 aliphatic heterocycles. The summed E-state index contributed by atoms with van der Waals surface area (Å²) in [6.07, 6.45) is 1.29. The smallest absolute Gasteiger partial charge is 0.309 e. The molecule has 16 heavy (non-hydrogen) atoms. The van der Waals surface area contributed by atoms with E-state index in [0.29, 0.717) is 19.6 Å². The summed E-state index contributed by atoms with van der Waals surface area (Å²) in [5.41, 5.74) is 0. The third-order valence-corrected chi connectivity index (χ3v) is 3.09. The standard InChI is InChI=1S/C12H20O4/c1-4-15-11(13)9-6-8(3)10(7-9)12(14)16-5-2/h8-10H,4-7H2,1-3H3. The highest BCUT2D eigenvalue weighted by atomic mass is 16.5. The first-order valence-corrected chi connectivity index (χ1v) is 5.93. The Hall–Kier alpha value is -1.06. The van der Waals surface area contributed by atoms with Crippen molar-refractivity contribution < 1.29 is 19.1 Å². The molecule has 0 aromatic rings. The lowest BCUT2D eigenvalue weighted by Gasteiger charge is -2.12. The van der Waals surface area contributed by atoms with Gasteiger partial charge in [-0.25, -0.2) is 0 Å². The summed E-state index contributed by atoms with van der Waals surface area (Å²) in [7, 11) is 0. The van der Waals surface area contributed by atoms with Gasteiger partial charge in [0.05, 0.1) is 25.0 Å². The summed E-state index contributed by atoms with van der Waals surface area (Å²) in [6, 6.07) is 0. The van der Waals surface area contributed by atoms with Crippen LogP contribution >= 0.6 is 0 Å². The highest BCUT2D eigenvalue weighted by molar-refractivity contribution is 5.77.